The molecule has 5 rings (SSSR count). The Morgan fingerprint density at radius 1 is 1.23 bits per heavy atom. The van der Waals surface area contributed by atoms with Gasteiger partial charge < -0.3 is 15.2 Å². The van der Waals surface area contributed by atoms with Crippen molar-refractivity contribution in [2.75, 3.05) is 13.2 Å². The minimum absolute atomic E-state index is 0.0940. The summed E-state index contributed by atoms with van der Waals surface area (Å²) < 4.78 is 8.50. The molecule has 160 valence electrons. The molecule has 0 unspecified atom stereocenters. The quantitative estimate of drug-likeness (QED) is 0.786. The van der Waals surface area contributed by atoms with Crippen LogP contribution in [0, 0.1) is 5.92 Å². The number of carbonyl (C=O) groups is 1. The largest absolute Gasteiger partial charge is 0.492 e. The van der Waals surface area contributed by atoms with Crippen LogP contribution in [-0.2, 0) is 11.3 Å². The molecule has 30 heavy (non-hydrogen) atoms. The van der Waals surface area contributed by atoms with Crippen molar-refractivity contribution in [1.29, 1.82) is 0 Å². The summed E-state index contributed by atoms with van der Waals surface area (Å²) in [5.41, 5.74) is 1.96. The molecule has 2 aliphatic carbocycles. The molecular formula is C22H28N4O4. The molecule has 0 atom stereocenters. The number of nitrogens with zero attached hydrogens (tertiary/aromatic N) is 3. The first kappa shape index (κ1) is 19.4. The van der Waals surface area contributed by atoms with E-state index in [1.54, 1.807) is 10.8 Å². The van der Waals surface area contributed by atoms with Crippen molar-refractivity contribution in [3.8, 4) is 5.88 Å². The van der Waals surface area contributed by atoms with Gasteiger partial charge in [0, 0.05) is 31.4 Å². The van der Waals surface area contributed by atoms with E-state index in [1.165, 1.54) is 4.52 Å². The molecule has 2 aromatic rings. The fourth-order valence-electron chi connectivity index (χ4n) is 4.54. The van der Waals surface area contributed by atoms with Crippen LogP contribution in [0.2, 0.25) is 0 Å². The number of amides is 1. The van der Waals surface area contributed by atoms with E-state index >= 15 is 0 Å². The Labute approximate surface area is 174 Å². The van der Waals surface area contributed by atoms with E-state index in [0.717, 1.165) is 62.5 Å². The smallest absolute Gasteiger partial charge is 0.270 e. The van der Waals surface area contributed by atoms with Crippen LogP contribution < -0.4 is 10.9 Å². The standard InChI is InChI=1S/C22H28N4O4/c27-19(24-16-6-7-16)18-21(28)25(13-14-8-10-30-11-9-14)20-17(12-23-26(20)22(18)29)15-4-2-1-3-5-15/h4,12,14,16,29H,1-3,5-11,13H2,(H,24,27). The van der Waals surface area contributed by atoms with Crippen LogP contribution in [0.1, 0.15) is 67.3 Å². The molecule has 1 aliphatic heterocycles. The molecule has 0 spiro atoms. The average molecular weight is 412 g/mol. The van der Waals surface area contributed by atoms with E-state index in [4.69, 9.17) is 4.74 Å². The maximum Gasteiger partial charge on any atom is 0.270 e. The van der Waals surface area contributed by atoms with Gasteiger partial charge in [0.25, 0.3) is 11.5 Å². The van der Waals surface area contributed by atoms with Crippen molar-refractivity contribution in [3.63, 3.8) is 0 Å². The highest BCUT2D eigenvalue weighted by molar-refractivity contribution is 5.97. The normalized spacial score (nSPS) is 20.3. The molecule has 1 amide bonds. The molecule has 3 heterocycles. The fourth-order valence-corrected chi connectivity index (χ4v) is 4.54. The highest BCUT2D eigenvalue weighted by Gasteiger charge is 2.31. The van der Waals surface area contributed by atoms with E-state index in [9.17, 15) is 14.7 Å². The van der Waals surface area contributed by atoms with E-state index in [-0.39, 0.29) is 23.4 Å². The molecule has 8 heteroatoms. The maximum absolute atomic E-state index is 13.5. The second-order valence-corrected chi connectivity index (χ2v) is 8.69. The third-order valence-corrected chi connectivity index (χ3v) is 6.44. The predicted molar refractivity (Wildman–Crippen MR) is 112 cm³/mol. The molecule has 2 aromatic heterocycles. The number of hydrogen-bond acceptors (Lipinski definition) is 5. The van der Waals surface area contributed by atoms with Crippen LogP contribution in [-0.4, -0.2) is 44.5 Å². The minimum Gasteiger partial charge on any atom is -0.492 e. The zero-order chi connectivity index (χ0) is 20.7. The average Bonchev–Trinajstić information content (AvgIpc) is 3.46. The second-order valence-electron chi connectivity index (χ2n) is 8.69. The summed E-state index contributed by atoms with van der Waals surface area (Å²) in [7, 11) is 0. The summed E-state index contributed by atoms with van der Waals surface area (Å²) in [6.45, 7) is 1.85. The highest BCUT2D eigenvalue weighted by Crippen LogP contribution is 2.32. The van der Waals surface area contributed by atoms with Crippen LogP contribution >= 0.6 is 0 Å². The Hall–Kier alpha value is -2.61. The lowest BCUT2D eigenvalue weighted by molar-refractivity contribution is 0.0611. The first-order chi connectivity index (χ1) is 14.6. The van der Waals surface area contributed by atoms with Crippen LogP contribution in [0.15, 0.2) is 17.1 Å². The Bertz CT molecular complexity index is 1060. The summed E-state index contributed by atoms with van der Waals surface area (Å²) in [6.07, 6.45) is 11.7. The summed E-state index contributed by atoms with van der Waals surface area (Å²) in [6, 6.07) is 0.0940. The highest BCUT2D eigenvalue weighted by atomic mass is 16.5. The second kappa shape index (κ2) is 7.91. The van der Waals surface area contributed by atoms with Gasteiger partial charge in [-0.15, -0.1) is 0 Å². The van der Waals surface area contributed by atoms with Gasteiger partial charge in [0.1, 0.15) is 5.65 Å². The van der Waals surface area contributed by atoms with Crippen LogP contribution in [0.3, 0.4) is 0 Å². The van der Waals surface area contributed by atoms with E-state index in [0.29, 0.717) is 25.4 Å². The number of allylic oxidation sites excluding steroid dienone is 2. The van der Waals surface area contributed by atoms with Crippen molar-refractivity contribution >= 4 is 17.1 Å². The Morgan fingerprint density at radius 3 is 2.73 bits per heavy atom. The van der Waals surface area contributed by atoms with Crippen LogP contribution in [0.4, 0.5) is 0 Å². The SMILES string of the molecule is O=C(NC1CC1)c1c(O)n2ncc(C3=CCCCC3)c2n(CC2CCOCC2)c1=O. The number of carbonyl (C=O) groups excluding carboxylic acids is 1. The number of rotatable bonds is 5. The van der Waals surface area contributed by atoms with Gasteiger partial charge in [0.05, 0.1) is 6.20 Å². The number of ether oxygens (including phenoxy) is 1. The molecule has 0 bridgehead atoms. The molecule has 2 fully saturated rings. The van der Waals surface area contributed by atoms with Gasteiger partial charge in [0.15, 0.2) is 5.56 Å². The van der Waals surface area contributed by atoms with Gasteiger partial charge in [0.2, 0.25) is 5.88 Å². The molecule has 1 saturated heterocycles. The van der Waals surface area contributed by atoms with Gasteiger partial charge in [-0.2, -0.15) is 9.61 Å². The number of hydrogen-bond donors (Lipinski definition) is 2. The number of aromatic nitrogens is 3. The third kappa shape index (κ3) is 3.53. The van der Waals surface area contributed by atoms with Crippen molar-refractivity contribution < 1.29 is 14.6 Å². The summed E-state index contributed by atoms with van der Waals surface area (Å²) >= 11 is 0. The van der Waals surface area contributed by atoms with E-state index in [1.807, 2.05) is 0 Å². The predicted octanol–water partition coefficient (Wildman–Crippen LogP) is 2.48. The molecule has 3 aliphatic rings. The number of nitrogens with one attached hydrogen (secondary N) is 1. The fraction of sp³-hybridized carbons (Fsp3) is 0.591. The first-order valence-electron chi connectivity index (χ1n) is 11.0. The topological polar surface area (TPSA) is 97.9 Å². The molecule has 0 radical (unpaired) electrons. The molecule has 2 N–H and O–H groups in total. The van der Waals surface area contributed by atoms with Gasteiger partial charge in [-0.05, 0) is 62.9 Å². The zero-order valence-corrected chi connectivity index (χ0v) is 17.1. The molecular weight excluding hydrogens is 384 g/mol. The third-order valence-electron chi connectivity index (χ3n) is 6.44. The van der Waals surface area contributed by atoms with Gasteiger partial charge in [-0.3, -0.25) is 14.2 Å². The van der Waals surface area contributed by atoms with Crippen molar-refractivity contribution in [2.45, 2.75) is 64.0 Å². The van der Waals surface area contributed by atoms with Crippen molar-refractivity contribution in [2.24, 2.45) is 5.92 Å². The minimum atomic E-state index is -0.517. The summed E-state index contributed by atoms with van der Waals surface area (Å²) in [5, 5.41) is 18.1. The monoisotopic (exact) mass is 412 g/mol. The van der Waals surface area contributed by atoms with Crippen LogP contribution in [0.5, 0.6) is 5.88 Å². The lowest BCUT2D eigenvalue weighted by atomic mass is 9.95. The van der Waals surface area contributed by atoms with Crippen LogP contribution in [0.25, 0.3) is 11.2 Å². The van der Waals surface area contributed by atoms with E-state index < -0.39 is 11.5 Å². The van der Waals surface area contributed by atoms with Gasteiger partial charge >= 0.3 is 0 Å². The Kier molecular flexibility index (Phi) is 5.10. The van der Waals surface area contributed by atoms with Gasteiger partial charge in [-0.1, -0.05) is 6.08 Å². The number of aromatic hydroxyl groups is 1. The summed E-state index contributed by atoms with van der Waals surface area (Å²) in [4.78, 5) is 26.3. The first-order valence-corrected chi connectivity index (χ1v) is 11.0. The summed E-state index contributed by atoms with van der Waals surface area (Å²) in [5.74, 6) is -0.609. The Balaban J connectivity index is 1.66. The Morgan fingerprint density at radius 2 is 2.03 bits per heavy atom. The molecule has 0 aromatic carbocycles. The molecule has 1 saturated carbocycles. The molecule has 8 nitrogen and oxygen atoms in total. The van der Waals surface area contributed by atoms with Crippen molar-refractivity contribution in [3.05, 3.63) is 33.8 Å². The van der Waals surface area contributed by atoms with Crippen molar-refractivity contribution in [1.82, 2.24) is 19.5 Å². The maximum atomic E-state index is 13.5. The van der Waals surface area contributed by atoms with Gasteiger partial charge in [-0.25, -0.2) is 0 Å². The van der Waals surface area contributed by atoms with E-state index in [2.05, 4.69) is 16.5 Å². The lowest BCUT2D eigenvalue weighted by Crippen LogP contribution is -2.37. The lowest BCUT2D eigenvalue weighted by Gasteiger charge is -2.24. The zero-order valence-electron chi connectivity index (χ0n) is 17.1. The number of fused-ring (bicyclic) bond motifs is 1.